The molecule has 2 aromatic carbocycles. The Balaban J connectivity index is 2.15. The van der Waals surface area contributed by atoms with Gasteiger partial charge in [-0.25, -0.2) is 4.39 Å². The zero-order valence-corrected chi connectivity index (χ0v) is 11.0. The Morgan fingerprint density at radius 1 is 1.20 bits per heavy atom. The molecule has 102 valence electrons. The predicted octanol–water partition coefficient (Wildman–Crippen LogP) is 3.31. The highest BCUT2D eigenvalue weighted by Gasteiger charge is 2.07. The third-order valence-electron chi connectivity index (χ3n) is 2.80. The number of carbonyl (C=O) groups excluding carboxylic acids is 1. The first-order valence-electron chi connectivity index (χ1n) is 6.01. The average molecular weight is 271 g/mol. The Labute approximate surface area is 116 Å². The molecule has 0 saturated carbocycles. The number of nitrogens with two attached hydrogens (primary N) is 1. The lowest BCUT2D eigenvalue weighted by atomic mass is 10.1. The molecule has 0 aromatic heterocycles. The molecule has 3 nitrogen and oxygen atoms in total. The van der Waals surface area contributed by atoms with Gasteiger partial charge in [0, 0.05) is 11.3 Å². The smallest absolute Gasteiger partial charge is 0.185 e. The molecule has 20 heavy (non-hydrogen) atoms. The molecule has 2 N–H and O–H groups in total. The Kier molecular flexibility index (Phi) is 4.15. The first kappa shape index (κ1) is 13.8. The fourth-order valence-electron chi connectivity index (χ4n) is 1.69. The summed E-state index contributed by atoms with van der Waals surface area (Å²) < 4.78 is 18.3. The van der Waals surface area contributed by atoms with Crippen molar-refractivity contribution in [1.82, 2.24) is 0 Å². The minimum Gasteiger partial charge on any atom is -0.494 e. The molecule has 0 saturated heterocycles. The number of ketones is 1. The van der Waals surface area contributed by atoms with Gasteiger partial charge < -0.3 is 10.5 Å². The molecule has 0 spiro atoms. The maximum atomic E-state index is 13.5. The van der Waals surface area contributed by atoms with Crippen LogP contribution in [0.1, 0.15) is 15.9 Å². The van der Waals surface area contributed by atoms with E-state index >= 15 is 0 Å². The second-order valence-corrected chi connectivity index (χ2v) is 4.21. The Bertz CT molecular complexity index is 648. The SMILES string of the molecule is COc1ccc(C(=O)/C=C/c2ccc(N)cc2)cc1F. The number of allylic oxidation sites excluding steroid dienone is 1. The van der Waals surface area contributed by atoms with Crippen molar-refractivity contribution in [2.45, 2.75) is 0 Å². The van der Waals surface area contributed by atoms with Crippen molar-refractivity contribution in [3.63, 3.8) is 0 Å². The molecule has 0 aliphatic rings. The predicted molar refractivity (Wildman–Crippen MR) is 77.2 cm³/mol. The number of benzene rings is 2. The highest BCUT2D eigenvalue weighted by molar-refractivity contribution is 6.06. The summed E-state index contributed by atoms with van der Waals surface area (Å²) in [5.74, 6) is -0.716. The normalized spacial score (nSPS) is 10.7. The van der Waals surface area contributed by atoms with Gasteiger partial charge in [-0.1, -0.05) is 18.2 Å². The minimum atomic E-state index is -0.556. The third-order valence-corrected chi connectivity index (χ3v) is 2.80. The summed E-state index contributed by atoms with van der Waals surface area (Å²) in [7, 11) is 1.38. The van der Waals surface area contributed by atoms with Crippen molar-refractivity contribution in [2.24, 2.45) is 0 Å². The molecule has 0 aliphatic heterocycles. The number of rotatable bonds is 4. The Morgan fingerprint density at radius 3 is 2.50 bits per heavy atom. The Hall–Kier alpha value is -2.62. The lowest BCUT2D eigenvalue weighted by Crippen LogP contribution is -1.97. The van der Waals surface area contributed by atoms with Crippen LogP contribution in [0, 0.1) is 5.82 Å². The van der Waals surface area contributed by atoms with Gasteiger partial charge in [0.1, 0.15) is 0 Å². The lowest BCUT2D eigenvalue weighted by Gasteiger charge is -2.02. The third kappa shape index (κ3) is 3.23. The number of anilines is 1. The van der Waals surface area contributed by atoms with Crippen LogP contribution in [-0.2, 0) is 0 Å². The van der Waals surface area contributed by atoms with Crippen LogP contribution in [0.3, 0.4) is 0 Å². The van der Waals surface area contributed by atoms with Gasteiger partial charge in [-0.15, -0.1) is 0 Å². The molecule has 4 heteroatoms. The summed E-state index contributed by atoms with van der Waals surface area (Å²) in [5.41, 5.74) is 7.35. The number of nitrogen functional groups attached to an aromatic ring is 1. The van der Waals surface area contributed by atoms with Crippen LogP contribution in [0.25, 0.3) is 6.08 Å². The molecule has 0 fully saturated rings. The van der Waals surface area contributed by atoms with Crippen molar-refractivity contribution in [3.8, 4) is 5.75 Å². The van der Waals surface area contributed by atoms with Gasteiger partial charge in [0.15, 0.2) is 17.3 Å². The van der Waals surface area contributed by atoms with E-state index < -0.39 is 5.82 Å². The van der Waals surface area contributed by atoms with E-state index in [0.717, 1.165) is 11.6 Å². The highest BCUT2D eigenvalue weighted by atomic mass is 19.1. The molecule has 0 radical (unpaired) electrons. The van der Waals surface area contributed by atoms with E-state index in [1.807, 2.05) is 0 Å². The van der Waals surface area contributed by atoms with E-state index in [-0.39, 0.29) is 17.1 Å². The molecule has 0 unspecified atom stereocenters. The molecular formula is C16H14FNO2. The molecule has 2 rings (SSSR count). The van der Waals surface area contributed by atoms with Crippen LogP contribution in [0.2, 0.25) is 0 Å². The average Bonchev–Trinajstić information content (AvgIpc) is 2.46. The van der Waals surface area contributed by atoms with E-state index in [1.165, 1.54) is 25.3 Å². The van der Waals surface area contributed by atoms with Crippen LogP contribution in [0.15, 0.2) is 48.5 Å². The number of ether oxygens (including phenoxy) is 1. The summed E-state index contributed by atoms with van der Waals surface area (Å²) in [4.78, 5) is 11.9. The van der Waals surface area contributed by atoms with Crippen molar-refractivity contribution < 1.29 is 13.9 Å². The van der Waals surface area contributed by atoms with Gasteiger partial charge in [0.05, 0.1) is 7.11 Å². The zero-order valence-electron chi connectivity index (χ0n) is 11.0. The monoisotopic (exact) mass is 271 g/mol. The van der Waals surface area contributed by atoms with Crippen molar-refractivity contribution >= 4 is 17.5 Å². The molecule has 0 aliphatic carbocycles. The van der Waals surface area contributed by atoms with Gasteiger partial charge >= 0.3 is 0 Å². The van der Waals surface area contributed by atoms with E-state index in [2.05, 4.69) is 0 Å². The van der Waals surface area contributed by atoms with Gasteiger partial charge in [-0.2, -0.15) is 0 Å². The summed E-state index contributed by atoms with van der Waals surface area (Å²) in [5, 5.41) is 0. The van der Waals surface area contributed by atoms with Crippen LogP contribution >= 0.6 is 0 Å². The van der Waals surface area contributed by atoms with Crippen molar-refractivity contribution in [2.75, 3.05) is 12.8 Å². The van der Waals surface area contributed by atoms with Gasteiger partial charge in [0.2, 0.25) is 0 Å². The van der Waals surface area contributed by atoms with Crippen LogP contribution in [-0.4, -0.2) is 12.9 Å². The fourth-order valence-corrected chi connectivity index (χ4v) is 1.69. The largest absolute Gasteiger partial charge is 0.494 e. The first-order valence-corrected chi connectivity index (χ1v) is 6.01. The molecule has 0 bridgehead atoms. The second kappa shape index (κ2) is 6.02. The van der Waals surface area contributed by atoms with Gasteiger partial charge in [0.25, 0.3) is 0 Å². The maximum Gasteiger partial charge on any atom is 0.185 e. The van der Waals surface area contributed by atoms with Crippen LogP contribution in [0.5, 0.6) is 5.75 Å². The number of halogens is 1. The number of hydrogen-bond acceptors (Lipinski definition) is 3. The molecule has 2 aromatic rings. The van der Waals surface area contributed by atoms with Gasteiger partial charge in [-0.3, -0.25) is 4.79 Å². The van der Waals surface area contributed by atoms with E-state index in [0.29, 0.717) is 5.69 Å². The second-order valence-electron chi connectivity index (χ2n) is 4.21. The quantitative estimate of drug-likeness (QED) is 0.527. The van der Waals surface area contributed by atoms with Crippen molar-refractivity contribution in [1.29, 1.82) is 0 Å². The molecule has 0 heterocycles. The first-order chi connectivity index (χ1) is 9.60. The van der Waals surface area contributed by atoms with E-state index in [4.69, 9.17) is 10.5 Å². The summed E-state index contributed by atoms with van der Waals surface area (Å²) >= 11 is 0. The van der Waals surface area contributed by atoms with E-state index in [1.54, 1.807) is 30.3 Å². The van der Waals surface area contributed by atoms with E-state index in [9.17, 15) is 9.18 Å². The topological polar surface area (TPSA) is 52.3 Å². The fraction of sp³-hybridized carbons (Fsp3) is 0.0625. The standard InChI is InChI=1S/C16H14FNO2/c1-20-16-9-5-12(10-14(16)17)15(19)8-4-11-2-6-13(18)7-3-11/h2-10H,18H2,1H3/b8-4+. The lowest BCUT2D eigenvalue weighted by molar-refractivity contribution is 0.104. The summed E-state index contributed by atoms with van der Waals surface area (Å²) in [6, 6.07) is 11.2. The molecule has 0 amide bonds. The number of methoxy groups -OCH3 is 1. The van der Waals surface area contributed by atoms with Crippen LogP contribution < -0.4 is 10.5 Å². The number of hydrogen-bond donors (Lipinski definition) is 1. The molecule has 0 atom stereocenters. The maximum absolute atomic E-state index is 13.5. The number of carbonyl (C=O) groups is 1. The highest BCUT2D eigenvalue weighted by Crippen LogP contribution is 2.18. The minimum absolute atomic E-state index is 0.115. The van der Waals surface area contributed by atoms with Crippen molar-refractivity contribution in [3.05, 3.63) is 65.5 Å². The summed E-state index contributed by atoms with van der Waals surface area (Å²) in [6.07, 6.45) is 3.05. The summed E-state index contributed by atoms with van der Waals surface area (Å²) in [6.45, 7) is 0. The van der Waals surface area contributed by atoms with Gasteiger partial charge in [-0.05, 0) is 42.0 Å². The zero-order chi connectivity index (χ0) is 14.5. The molecular weight excluding hydrogens is 257 g/mol. The Morgan fingerprint density at radius 2 is 1.90 bits per heavy atom. The van der Waals surface area contributed by atoms with Crippen LogP contribution in [0.4, 0.5) is 10.1 Å².